The molecule has 1 heterocycles. The van der Waals surface area contributed by atoms with Crippen molar-refractivity contribution in [3.63, 3.8) is 0 Å². The highest BCUT2D eigenvalue weighted by atomic mass is 16.4. The van der Waals surface area contributed by atoms with Crippen LogP contribution in [0.1, 0.15) is 30.8 Å². The van der Waals surface area contributed by atoms with Crippen molar-refractivity contribution in [2.45, 2.75) is 26.3 Å². The Kier molecular flexibility index (Phi) is 4.62. The molecule has 0 bridgehead atoms. The molecular weight excluding hydrogens is 254 g/mol. The molecule has 0 saturated carbocycles. The van der Waals surface area contributed by atoms with Gasteiger partial charge in [0.15, 0.2) is 0 Å². The quantitative estimate of drug-likeness (QED) is 0.560. The highest BCUT2D eigenvalue weighted by molar-refractivity contribution is 5.92. The van der Waals surface area contributed by atoms with E-state index >= 15 is 0 Å². The first-order chi connectivity index (χ1) is 8.79. The summed E-state index contributed by atoms with van der Waals surface area (Å²) >= 11 is 0. The van der Waals surface area contributed by atoms with Crippen LogP contribution in [0, 0.1) is 5.92 Å². The van der Waals surface area contributed by atoms with E-state index in [1.165, 1.54) is 0 Å². The molecule has 1 aromatic heterocycles. The van der Waals surface area contributed by atoms with Gasteiger partial charge in [-0.25, -0.2) is 4.79 Å². The summed E-state index contributed by atoms with van der Waals surface area (Å²) in [6.45, 7) is 3.52. The van der Waals surface area contributed by atoms with E-state index < -0.39 is 29.2 Å². The normalized spacial score (nSPS) is 12.2. The third-order valence-electron chi connectivity index (χ3n) is 2.52. The third-order valence-corrected chi connectivity index (χ3v) is 2.52. The first-order valence-electron chi connectivity index (χ1n) is 5.66. The molecule has 104 valence electrons. The molecular formula is C11H15N3O5. The molecule has 19 heavy (non-hydrogen) atoms. The van der Waals surface area contributed by atoms with Gasteiger partial charge in [0.2, 0.25) is 0 Å². The lowest BCUT2D eigenvalue weighted by Crippen LogP contribution is -2.41. The molecule has 1 aromatic rings. The van der Waals surface area contributed by atoms with Crippen molar-refractivity contribution in [3.05, 3.63) is 32.6 Å². The average Bonchev–Trinajstić information content (AvgIpc) is 2.25. The van der Waals surface area contributed by atoms with Gasteiger partial charge in [-0.15, -0.1) is 0 Å². The second-order valence-corrected chi connectivity index (χ2v) is 4.42. The van der Waals surface area contributed by atoms with Gasteiger partial charge in [0.1, 0.15) is 5.69 Å². The van der Waals surface area contributed by atoms with Crippen LogP contribution in [-0.2, 0) is 4.79 Å². The Morgan fingerprint density at radius 2 is 1.95 bits per heavy atom. The molecule has 0 aromatic carbocycles. The molecule has 1 unspecified atom stereocenters. The van der Waals surface area contributed by atoms with Gasteiger partial charge in [-0.1, -0.05) is 13.8 Å². The van der Waals surface area contributed by atoms with Gasteiger partial charge >= 0.3 is 11.7 Å². The number of carboxylic acid groups (broad SMARTS) is 1. The number of amides is 1. The van der Waals surface area contributed by atoms with E-state index in [4.69, 9.17) is 5.11 Å². The molecule has 0 aliphatic heterocycles. The van der Waals surface area contributed by atoms with E-state index in [0.717, 1.165) is 6.07 Å². The predicted molar refractivity (Wildman–Crippen MR) is 66.0 cm³/mol. The number of rotatable bonds is 5. The zero-order valence-electron chi connectivity index (χ0n) is 10.5. The molecule has 1 rings (SSSR count). The number of carboxylic acids is 1. The highest BCUT2D eigenvalue weighted by Crippen LogP contribution is 2.06. The number of carbonyl (C=O) groups excluding carboxylic acids is 1. The maximum Gasteiger partial charge on any atom is 0.326 e. The Hall–Kier alpha value is -2.38. The van der Waals surface area contributed by atoms with Gasteiger partial charge in [0.25, 0.3) is 11.5 Å². The van der Waals surface area contributed by atoms with Crippen LogP contribution >= 0.6 is 0 Å². The molecule has 8 nitrogen and oxygen atoms in total. The SMILES string of the molecule is CC(C)C(CC(=O)O)NC(=O)c1cc(=O)[nH]c(=O)[nH]1. The van der Waals surface area contributed by atoms with Crippen molar-refractivity contribution in [1.82, 2.24) is 15.3 Å². The van der Waals surface area contributed by atoms with Crippen molar-refractivity contribution in [3.8, 4) is 0 Å². The molecule has 0 fully saturated rings. The fourth-order valence-corrected chi connectivity index (χ4v) is 1.48. The first kappa shape index (κ1) is 14.7. The number of hydrogen-bond acceptors (Lipinski definition) is 4. The summed E-state index contributed by atoms with van der Waals surface area (Å²) in [4.78, 5) is 48.7. The van der Waals surface area contributed by atoms with Gasteiger partial charge in [-0.3, -0.25) is 19.4 Å². The fraction of sp³-hybridized carbons (Fsp3) is 0.455. The Labute approximate surface area is 107 Å². The second-order valence-electron chi connectivity index (χ2n) is 4.42. The summed E-state index contributed by atoms with van der Waals surface area (Å²) in [6.07, 6.45) is -0.239. The van der Waals surface area contributed by atoms with Crippen LogP contribution < -0.4 is 16.6 Å². The van der Waals surface area contributed by atoms with Crippen molar-refractivity contribution in [2.24, 2.45) is 5.92 Å². The molecule has 0 saturated heterocycles. The monoisotopic (exact) mass is 269 g/mol. The number of aliphatic carboxylic acids is 1. The maximum absolute atomic E-state index is 11.8. The van der Waals surface area contributed by atoms with Crippen molar-refractivity contribution in [2.75, 3.05) is 0 Å². The molecule has 0 aliphatic rings. The summed E-state index contributed by atoms with van der Waals surface area (Å²) in [5, 5.41) is 11.2. The van der Waals surface area contributed by atoms with E-state index in [2.05, 4.69) is 10.3 Å². The number of H-pyrrole nitrogens is 2. The average molecular weight is 269 g/mol. The summed E-state index contributed by atoms with van der Waals surface area (Å²) in [5.41, 5.74) is -1.70. The topological polar surface area (TPSA) is 132 Å². The van der Waals surface area contributed by atoms with Crippen LogP contribution in [0.4, 0.5) is 0 Å². The smallest absolute Gasteiger partial charge is 0.326 e. The lowest BCUT2D eigenvalue weighted by molar-refractivity contribution is -0.137. The number of carbonyl (C=O) groups is 2. The van der Waals surface area contributed by atoms with E-state index in [1.54, 1.807) is 13.8 Å². The molecule has 0 radical (unpaired) electrons. The largest absolute Gasteiger partial charge is 0.481 e. The van der Waals surface area contributed by atoms with Crippen molar-refractivity contribution < 1.29 is 14.7 Å². The van der Waals surface area contributed by atoms with E-state index in [0.29, 0.717) is 0 Å². The van der Waals surface area contributed by atoms with Crippen LogP contribution in [-0.4, -0.2) is 33.0 Å². The third kappa shape index (κ3) is 4.41. The van der Waals surface area contributed by atoms with E-state index in [-0.39, 0.29) is 18.0 Å². The van der Waals surface area contributed by atoms with Crippen LogP contribution in [0.2, 0.25) is 0 Å². The molecule has 0 aliphatic carbocycles. The summed E-state index contributed by atoms with van der Waals surface area (Å²) in [6, 6.07) is 0.349. The van der Waals surface area contributed by atoms with Crippen LogP contribution in [0.25, 0.3) is 0 Å². The Morgan fingerprint density at radius 1 is 1.32 bits per heavy atom. The zero-order chi connectivity index (χ0) is 14.6. The van der Waals surface area contributed by atoms with Crippen LogP contribution in [0.15, 0.2) is 15.7 Å². The Morgan fingerprint density at radius 3 is 2.42 bits per heavy atom. The Balaban J connectivity index is 2.90. The zero-order valence-corrected chi connectivity index (χ0v) is 10.5. The number of nitrogens with one attached hydrogen (secondary N) is 3. The Bertz CT molecular complexity index is 558. The summed E-state index contributed by atoms with van der Waals surface area (Å²) in [7, 11) is 0. The van der Waals surface area contributed by atoms with E-state index in [1.807, 2.05) is 4.98 Å². The first-order valence-corrected chi connectivity index (χ1v) is 5.66. The molecule has 0 spiro atoms. The van der Waals surface area contributed by atoms with Gasteiger partial charge in [-0.05, 0) is 5.92 Å². The lowest BCUT2D eigenvalue weighted by atomic mass is 10.0. The molecule has 1 amide bonds. The molecule has 4 N–H and O–H groups in total. The summed E-state index contributed by atoms with van der Waals surface area (Å²) < 4.78 is 0. The summed E-state index contributed by atoms with van der Waals surface area (Å²) in [5.74, 6) is -1.84. The second kappa shape index (κ2) is 5.98. The highest BCUT2D eigenvalue weighted by Gasteiger charge is 2.20. The molecule has 1 atom stereocenters. The van der Waals surface area contributed by atoms with Crippen LogP contribution in [0.5, 0.6) is 0 Å². The van der Waals surface area contributed by atoms with Crippen molar-refractivity contribution >= 4 is 11.9 Å². The lowest BCUT2D eigenvalue weighted by Gasteiger charge is -2.20. The number of aromatic nitrogens is 2. The minimum absolute atomic E-state index is 0.103. The minimum atomic E-state index is -1.04. The van der Waals surface area contributed by atoms with Gasteiger partial charge in [0.05, 0.1) is 6.42 Å². The standard InChI is InChI=1S/C11H15N3O5/c1-5(2)6(4-9(16)17)12-10(18)7-3-8(15)14-11(19)13-7/h3,5-6H,4H2,1-2H3,(H,12,18)(H,16,17)(H2,13,14,15,19). The van der Waals surface area contributed by atoms with E-state index in [9.17, 15) is 19.2 Å². The predicted octanol–water partition coefficient (Wildman–Crippen LogP) is -0.708. The minimum Gasteiger partial charge on any atom is -0.481 e. The number of aromatic amines is 2. The number of hydrogen-bond donors (Lipinski definition) is 4. The molecule has 8 heteroatoms. The van der Waals surface area contributed by atoms with Gasteiger partial charge < -0.3 is 15.4 Å². The van der Waals surface area contributed by atoms with Crippen molar-refractivity contribution in [1.29, 1.82) is 0 Å². The van der Waals surface area contributed by atoms with Crippen LogP contribution in [0.3, 0.4) is 0 Å². The van der Waals surface area contributed by atoms with Gasteiger partial charge in [-0.2, -0.15) is 0 Å². The van der Waals surface area contributed by atoms with Gasteiger partial charge in [0, 0.05) is 12.1 Å². The maximum atomic E-state index is 11.8. The fourth-order valence-electron chi connectivity index (χ4n) is 1.48.